The molecule has 132 valence electrons. The number of fused-ring (bicyclic) bond motifs is 1. The number of ether oxygens (including phenoxy) is 3. The summed E-state index contributed by atoms with van der Waals surface area (Å²) in [6, 6.07) is 13.0. The topological polar surface area (TPSA) is 68.8 Å². The highest BCUT2D eigenvalue weighted by Gasteiger charge is 2.13. The lowest BCUT2D eigenvalue weighted by molar-refractivity contribution is -0.115. The van der Waals surface area contributed by atoms with Gasteiger partial charge in [0, 0.05) is 30.4 Å². The molecule has 6 heteroatoms. The number of rotatable bonds is 7. The van der Waals surface area contributed by atoms with Crippen LogP contribution in [0.15, 0.2) is 42.5 Å². The van der Waals surface area contributed by atoms with Crippen LogP contribution in [-0.2, 0) is 4.79 Å². The molecule has 0 aromatic heterocycles. The number of carbonyl (C=O) groups is 1. The van der Waals surface area contributed by atoms with Gasteiger partial charge in [-0.1, -0.05) is 0 Å². The Morgan fingerprint density at radius 2 is 1.80 bits per heavy atom. The second kappa shape index (κ2) is 7.79. The fraction of sp³-hybridized carbons (Fsp3) is 0.316. The van der Waals surface area contributed by atoms with E-state index in [1.165, 1.54) is 0 Å². The minimum absolute atomic E-state index is 0.0502. The summed E-state index contributed by atoms with van der Waals surface area (Å²) in [5, 5.41) is 6.08. The van der Waals surface area contributed by atoms with Gasteiger partial charge in [-0.3, -0.25) is 4.79 Å². The SMILES string of the molecule is CC(C)Oc1ccc(NC(=O)CCNc2ccc3c(c2)OCO3)cc1. The summed E-state index contributed by atoms with van der Waals surface area (Å²) in [5.74, 6) is 2.20. The first kappa shape index (κ1) is 17.0. The van der Waals surface area contributed by atoms with Gasteiger partial charge in [-0.25, -0.2) is 0 Å². The molecule has 1 aliphatic heterocycles. The first-order valence-electron chi connectivity index (χ1n) is 8.30. The number of hydrogen-bond acceptors (Lipinski definition) is 5. The maximum Gasteiger partial charge on any atom is 0.231 e. The van der Waals surface area contributed by atoms with Gasteiger partial charge in [0.2, 0.25) is 12.7 Å². The second-order valence-corrected chi connectivity index (χ2v) is 5.98. The summed E-state index contributed by atoms with van der Waals surface area (Å²) >= 11 is 0. The van der Waals surface area contributed by atoms with E-state index in [4.69, 9.17) is 14.2 Å². The van der Waals surface area contributed by atoms with Crippen molar-refractivity contribution in [2.45, 2.75) is 26.4 Å². The molecule has 0 aliphatic carbocycles. The Hall–Kier alpha value is -2.89. The van der Waals surface area contributed by atoms with Crippen LogP contribution in [0.3, 0.4) is 0 Å². The molecular weight excluding hydrogens is 320 g/mol. The molecule has 0 bridgehead atoms. The molecule has 2 aromatic carbocycles. The molecule has 1 heterocycles. The third-order valence-corrected chi connectivity index (χ3v) is 3.56. The highest BCUT2D eigenvalue weighted by Crippen LogP contribution is 2.34. The molecule has 0 saturated heterocycles. The Balaban J connectivity index is 1.43. The van der Waals surface area contributed by atoms with E-state index in [9.17, 15) is 4.79 Å². The fourth-order valence-electron chi connectivity index (χ4n) is 2.44. The van der Waals surface area contributed by atoms with Gasteiger partial charge in [0.25, 0.3) is 0 Å². The van der Waals surface area contributed by atoms with Crippen LogP contribution >= 0.6 is 0 Å². The zero-order chi connectivity index (χ0) is 17.6. The maximum absolute atomic E-state index is 12.0. The molecule has 0 radical (unpaired) electrons. The van der Waals surface area contributed by atoms with Crippen LogP contribution in [0, 0.1) is 0 Å². The molecule has 2 aromatic rings. The molecule has 1 aliphatic rings. The van der Waals surface area contributed by atoms with Gasteiger partial charge in [-0.2, -0.15) is 0 Å². The number of nitrogens with one attached hydrogen (secondary N) is 2. The summed E-state index contributed by atoms with van der Waals surface area (Å²) < 4.78 is 16.2. The average Bonchev–Trinajstić information content (AvgIpc) is 3.04. The van der Waals surface area contributed by atoms with Crippen molar-refractivity contribution in [1.29, 1.82) is 0 Å². The van der Waals surface area contributed by atoms with Crippen molar-refractivity contribution in [2.75, 3.05) is 24.0 Å². The van der Waals surface area contributed by atoms with Gasteiger partial charge in [0.15, 0.2) is 11.5 Å². The molecule has 0 saturated carbocycles. The molecule has 3 rings (SSSR count). The zero-order valence-corrected chi connectivity index (χ0v) is 14.4. The minimum atomic E-state index is -0.0502. The Labute approximate surface area is 147 Å². The standard InChI is InChI=1S/C19H22N2O4/c1-13(2)25-16-6-3-14(4-7-16)21-19(22)9-10-20-15-5-8-17-18(11-15)24-12-23-17/h3-8,11,13,20H,9-10,12H2,1-2H3,(H,21,22). The lowest BCUT2D eigenvalue weighted by Crippen LogP contribution is -2.16. The van der Waals surface area contributed by atoms with Crippen molar-refractivity contribution in [3.63, 3.8) is 0 Å². The van der Waals surface area contributed by atoms with E-state index in [0.717, 1.165) is 28.6 Å². The van der Waals surface area contributed by atoms with Gasteiger partial charge < -0.3 is 24.8 Å². The van der Waals surface area contributed by atoms with Crippen LogP contribution < -0.4 is 24.8 Å². The van der Waals surface area contributed by atoms with Crippen LogP contribution in [0.4, 0.5) is 11.4 Å². The summed E-state index contributed by atoms with van der Waals surface area (Å²) in [6.07, 6.45) is 0.487. The number of hydrogen-bond donors (Lipinski definition) is 2. The predicted octanol–water partition coefficient (Wildman–Crippen LogP) is 3.64. The van der Waals surface area contributed by atoms with Crippen molar-refractivity contribution in [3.8, 4) is 17.2 Å². The van der Waals surface area contributed by atoms with Gasteiger partial charge in [-0.05, 0) is 50.2 Å². The van der Waals surface area contributed by atoms with Crippen molar-refractivity contribution in [3.05, 3.63) is 42.5 Å². The van der Waals surface area contributed by atoms with Crippen LogP contribution in [-0.4, -0.2) is 25.3 Å². The number of carbonyl (C=O) groups excluding carboxylic acids is 1. The van der Waals surface area contributed by atoms with E-state index >= 15 is 0 Å². The summed E-state index contributed by atoms with van der Waals surface area (Å²) in [5.41, 5.74) is 1.65. The first-order chi connectivity index (χ1) is 12.1. The van der Waals surface area contributed by atoms with Crippen LogP contribution in [0.25, 0.3) is 0 Å². The number of amides is 1. The van der Waals surface area contributed by atoms with Crippen molar-refractivity contribution in [1.82, 2.24) is 0 Å². The monoisotopic (exact) mass is 342 g/mol. The highest BCUT2D eigenvalue weighted by atomic mass is 16.7. The van der Waals surface area contributed by atoms with E-state index < -0.39 is 0 Å². The normalized spacial score (nSPS) is 12.1. The molecule has 0 spiro atoms. The van der Waals surface area contributed by atoms with E-state index in [1.807, 2.05) is 56.3 Å². The Morgan fingerprint density at radius 1 is 1.08 bits per heavy atom. The van der Waals surface area contributed by atoms with Gasteiger partial charge in [-0.15, -0.1) is 0 Å². The molecule has 0 atom stereocenters. The zero-order valence-electron chi connectivity index (χ0n) is 14.4. The largest absolute Gasteiger partial charge is 0.491 e. The molecule has 0 unspecified atom stereocenters. The van der Waals surface area contributed by atoms with Crippen LogP contribution in [0.2, 0.25) is 0 Å². The van der Waals surface area contributed by atoms with Crippen molar-refractivity contribution in [2.24, 2.45) is 0 Å². The Bertz CT molecular complexity index is 729. The van der Waals surface area contributed by atoms with E-state index in [2.05, 4.69) is 10.6 Å². The average molecular weight is 342 g/mol. The first-order valence-corrected chi connectivity index (χ1v) is 8.30. The van der Waals surface area contributed by atoms with Gasteiger partial charge >= 0.3 is 0 Å². The molecular formula is C19H22N2O4. The van der Waals surface area contributed by atoms with Gasteiger partial charge in [0.05, 0.1) is 6.10 Å². The summed E-state index contributed by atoms with van der Waals surface area (Å²) in [7, 11) is 0. The number of anilines is 2. The summed E-state index contributed by atoms with van der Waals surface area (Å²) in [6.45, 7) is 4.73. The van der Waals surface area contributed by atoms with Crippen molar-refractivity contribution < 1.29 is 19.0 Å². The maximum atomic E-state index is 12.0. The summed E-state index contributed by atoms with van der Waals surface area (Å²) in [4.78, 5) is 12.0. The van der Waals surface area contributed by atoms with Crippen LogP contribution in [0.5, 0.6) is 17.2 Å². The van der Waals surface area contributed by atoms with E-state index in [0.29, 0.717) is 13.0 Å². The molecule has 2 N–H and O–H groups in total. The van der Waals surface area contributed by atoms with E-state index in [1.54, 1.807) is 0 Å². The number of benzene rings is 2. The third kappa shape index (κ3) is 4.79. The van der Waals surface area contributed by atoms with Gasteiger partial charge in [0.1, 0.15) is 5.75 Å². The van der Waals surface area contributed by atoms with E-state index in [-0.39, 0.29) is 18.8 Å². The predicted molar refractivity (Wildman–Crippen MR) is 96.5 cm³/mol. The Kier molecular flexibility index (Phi) is 5.28. The van der Waals surface area contributed by atoms with Crippen LogP contribution in [0.1, 0.15) is 20.3 Å². The Morgan fingerprint density at radius 3 is 2.56 bits per heavy atom. The second-order valence-electron chi connectivity index (χ2n) is 5.98. The molecule has 25 heavy (non-hydrogen) atoms. The quantitative estimate of drug-likeness (QED) is 0.804. The molecule has 1 amide bonds. The highest BCUT2D eigenvalue weighted by molar-refractivity contribution is 5.91. The third-order valence-electron chi connectivity index (χ3n) is 3.56. The fourth-order valence-corrected chi connectivity index (χ4v) is 2.44. The lowest BCUT2D eigenvalue weighted by Gasteiger charge is -2.11. The van der Waals surface area contributed by atoms with Crippen molar-refractivity contribution >= 4 is 17.3 Å². The molecule has 6 nitrogen and oxygen atoms in total. The minimum Gasteiger partial charge on any atom is -0.491 e. The smallest absolute Gasteiger partial charge is 0.231 e. The molecule has 0 fully saturated rings. The lowest BCUT2D eigenvalue weighted by atomic mass is 10.2.